The summed E-state index contributed by atoms with van der Waals surface area (Å²) in [7, 11) is 0. The molecule has 1 aliphatic heterocycles. The first-order valence-electron chi connectivity index (χ1n) is 8.48. The summed E-state index contributed by atoms with van der Waals surface area (Å²) in [5.41, 5.74) is 0.292. The van der Waals surface area contributed by atoms with Crippen molar-refractivity contribution in [2.45, 2.75) is 41.6 Å². The Hall–Kier alpha value is -1.21. The van der Waals surface area contributed by atoms with E-state index in [1.54, 1.807) is 23.9 Å². The molecule has 2 heterocycles. The predicted octanol–water partition coefficient (Wildman–Crippen LogP) is 5.11. The number of halogens is 3. The number of aromatic amines is 1. The second kappa shape index (κ2) is 5.39. The van der Waals surface area contributed by atoms with E-state index in [1.807, 2.05) is 0 Å². The van der Waals surface area contributed by atoms with Crippen LogP contribution in [0.3, 0.4) is 0 Å². The molecule has 3 aliphatic rings. The minimum atomic E-state index is -4.32. The number of thioether (sulfide) groups is 1. The van der Waals surface area contributed by atoms with E-state index in [0.717, 1.165) is 15.5 Å². The van der Waals surface area contributed by atoms with Gasteiger partial charge in [-0.3, -0.25) is 4.79 Å². The Balaban J connectivity index is 1.61. The van der Waals surface area contributed by atoms with E-state index in [4.69, 9.17) is 0 Å². The first-order chi connectivity index (χ1) is 11.9. The molecule has 2 aromatic rings. The highest BCUT2D eigenvalue weighted by molar-refractivity contribution is 8.00. The van der Waals surface area contributed by atoms with Crippen molar-refractivity contribution in [3.8, 4) is 0 Å². The van der Waals surface area contributed by atoms with Gasteiger partial charge in [-0.15, -0.1) is 11.8 Å². The van der Waals surface area contributed by atoms with Crippen LogP contribution in [0, 0.1) is 17.8 Å². The molecule has 0 spiro atoms. The van der Waals surface area contributed by atoms with E-state index >= 15 is 0 Å². The van der Waals surface area contributed by atoms with Gasteiger partial charge in [0.2, 0.25) is 0 Å². The maximum absolute atomic E-state index is 12.9. The molecule has 2 aliphatic carbocycles. The highest BCUT2D eigenvalue weighted by Gasteiger charge is 2.54. The van der Waals surface area contributed by atoms with Crippen LogP contribution in [0.1, 0.15) is 41.2 Å². The van der Waals surface area contributed by atoms with Crippen LogP contribution in [0.15, 0.2) is 34.1 Å². The van der Waals surface area contributed by atoms with Gasteiger partial charge in [0.1, 0.15) is 0 Å². The monoisotopic (exact) mass is 383 g/mol. The van der Waals surface area contributed by atoms with Crippen LogP contribution in [0.4, 0.5) is 13.2 Å². The van der Waals surface area contributed by atoms with E-state index in [9.17, 15) is 18.0 Å². The Morgan fingerprint density at radius 2 is 1.80 bits per heavy atom. The second-order valence-corrected chi connectivity index (χ2v) is 9.50. The summed E-state index contributed by atoms with van der Waals surface area (Å²) in [6.45, 7) is 0. The molecule has 25 heavy (non-hydrogen) atoms. The molecule has 0 radical (unpaired) electrons. The van der Waals surface area contributed by atoms with E-state index in [2.05, 4.69) is 4.98 Å². The quantitative estimate of drug-likeness (QED) is 0.742. The lowest BCUT2D eigenvalue weighted by Gasteiger charge is -2.40. The van der Waals surface area contributed by atoms with E-state index < -0.39 is 11.7 Å². The highest BCUT2D eigenvalue weighted by Crippen LogP contribution is 2.63. The topological polar surface area (TPSA) is 32.9 Å². The molecule has 1 aromatic heterocycles. The Morgan fingerprint density at radius 3 is 2.52 bits per heavy atom. The third kappa shape index (κ3) is 2.42. The molecule has 2 nitrogen and oxygen atoms in total. The van der Waals surface area contributed by atoms with Crippen molar-refractivity contribution < 1.29 is 13.2 Å². The van der Waals surface area contributed by atoms with Crippen LogP contribution in [-0.2, 0) is 6.18 Å². The number of alkyl halides is 3. The minimum absolute atomic E-state index is 0.0442. The zero-order chi connectivity index (χ0) is 17.3. The molecule has 1 aromatic carbocycles. The lowest BCUT2D eigenvalue weighted by Crippen LogP contribution is -2.33. The third-order valence-corrected chi connectivity index (χ3v) is 8.69. The third-order valence-electron chi connectivity index (χ3n) is 6.06. The molecule has 0 saturated heterocycles. The van der Waals surface area contributed by atoms with Gasteiger partial charge in [-0.2, -0.15) is 13.2 Å². The van der Waals surface area contributed by atoms with Gasteiger partial charge in [-0.25, -0.2) is 0 Å². The Morgan fingerprint density at radius 1 is 1.08 bits per heavy atom. The summed E-state index contributed by atoms with van der Waals surface area (Å²) in [6.07, 6.45) is -0.654. The molecule has 0 unspecified atom stereocenters. The van der Waals surface area contributed by atoms with Gasteiger partial charge >= 0.3 is 11.0 Å². The summed E-state index contributed by atoms with van der Waals surface area (Å²) >= 11 is 3.02. The van der Waals surface area contributed by atoms with Gasteiger partial charge in [-0.1, -0.05) is 23.5 Å². The number of nitrogens with one attached hydrogen (secondary N) is 1. The summed E-state index contributed by atoms with van der Waals surface area (Å²) in [6, 6.07) is 5.57. The molecule has 2 fully saturated rings. The fraction of sp³-hybridized carbons (Fsp3) is 0.500. The number of fused-ring (bicyclic) bond motifs is 6. The summed E-state index contributed by atoms with van der Waals surface area (Å²) in [5.74, 6) is 1.77. The normalized spacial score (nSPS) is 33.3. The maximum Gasteiger partial charge on any atom is 0.416 e. The Bertz CT molecular complexity index is 870. The fourth-order valence-corrected chi connectivity index (χ4v) is 8.00. The van der Waals surface area contributed by atoms with Gasteiger partial charge in [0, 0.05) is 16.0 Å². The summed E-state index contributed by atoms with van der Waals surface area (Å²) < 4.78 is 38.7. The average Bonchev–Trinajstić information content (AvgIpc) is 3.25. The molecular formula is C18H16F3NOS2. The number of benzene rings is 1. The van der Waals surface area contributed by atoms with Crippen molar-refractivity contribution >= 4 is 23.1 Å². The van der Waals surface area contributed by atoms with Crippen LogP contribution < -0.4 is 4.87 Å². The zero-order valence-corrected chi connectivity index (χ0v) is 14.8. The van der Waals surface area contributed by atoms with Crippen molar-refractivity contribution in [1.29, 1.82) is 0 Å². The average molecular weight is 383 g/mol. The number of rotatable bonds is 1. The summed E-state index contributed by atoms with van der Waals surface area (Å²) in [5, 5.41) is 1.41. The fourth-order valence-electron chi connectivity index (χ4n) is 5.10. The first kappa shape index (κ1) is 16.0. The predicted molar refractivity (Wildman–Crippen MR) is 92.2 cm³/mol. The molecule has 1 N–H and O–H groups in total. The number of aromatic nitrogens is 1. The SMILES string of the molecule is O=c1[nH]c2c(s1)[C@H](c1ccc(C(F)(F)F)cc1)[C@@H]1[C@H]3CC[C@@H](C3)[C@@H]1S2. The first-order valence-corrected chi connectivity index (χ1v) is 10.2. The Kier molecular flexibility index (Phi) is 3.45. The van der Waals surface area contributed by atoms with E-state index in [1.165, 1.54) is 42.7 Å². The molecular weight excluding hydrogens is 367 g/mol. The molecule has 132 valence electrons. The standard InChI is InChI=1S/C18H16F3NOS2/c19-18(20,21)11-5-3-8(4-6-11)12-13-9-1-2-10(7-9)14(13)24-16-15(12)25-17(23)22-16/h3-6,9-10,12-14H,1-2,7H2,(H,22,23)/t9-,10-,12+,13-,14-/m0/s1. The lowest BCUT2D eigenvalue weighted by molar-refractivity contribution is -0.137. The Labute approximate surface area is 150 Å². The van der Waals surface area contributed by atoms with Gasteiger partial charge < -0.3 is 4.98 Å². The lowest BCUT2D eigenvalue weighted by atomic mass is 9.75. The van der Waals surface area contributed by atoms with Crippen molar-refractivity contribution in [1.82, 2.24) is 4.98 Å². The van der Waals surface area contributed by atoms with E-state index in [-0.39, 0.29) is 10.8 Å². The van der Waals surface area contributed by atoms with Crippen LogP contribution in [0.25, 0.3) is 0 Å². The zero-order valence-electron chi connectivity index (χ0n) is 13.2. The van der Waals surface area contributed by atoms with Crippen molar-refractivity contribution in [2.75, 3.05) is 0 Å². The van der Waals surface area contributed by atoms with Gasteiger partial charge in [-0.05, 0) is 54.7 Å². The maximum atomic E-state index is 12.9. The molecule has 0 amide bonds. The molecule has 5 atom stereocenters. The molecule has 7 heteroatoms. The largest absolute Gasteiger partial charge is 0.416 e. The van der Waals surface area contributed by atoms with Crippen molar-refractivity contribution in [2.24, 2.45) is 17.8 Å². The summed E-state index contributed by atoms with van der Waals surface area (Å²) in [4.78, 5) is 15.8. The minimum Gasteiger partial charge on any atom is -0.307 e. The molecule has 5 rings (SSSR count). The number of thiazole rings is 1. The smallest absolute Gasteiger partial charge is 0.307 e. The number of hydrogen-bond acceptors (Lipinski definition) is 3. The van der Waals surface area contributed by atoms with Gasteiger partial charge in [0.25, 0.3) is 0 Å². The van der Waals surface area contributed by atoms with Crippen molar-refractivity contribution in [3.63, 3.8) is 0 Å². The van der Waals surface area contributed by atoms with Crippen LogP contribution in [-0.4, -0.2) is 10.2 Å². The van der Waals surface area contributed by atoms with Crippen LogP contribution in [0.2, 0.25) is 0 Å². The van der Waals surface area contributed by atoms with Gasteiger partial charge in [0.15, 0.2) is 0 Å². The van der Waals surface area contributed by atoms with Crippen LogP contribution in [0.5, 0.6) is 0 Å². The number of H-pyrrole nitrogens is 1. The van der Waals surface area contributed by atoms with Gasteiger partial charge in [0.05, 0.1) is 10.6 Å². The highest BCUT2D eigenvalue weighted by atomic mass is 32.2. The second-order valence-electron chi connectivity index (χ2n) is 7.30. The number of hydrogen-bond donors (Lipinski definition) is 1. The molecule has 2 saturated carbocycles. The van der Waals surface area contributed by atoms with E-state index in [0.29, 0.717) is 23.0 Å². The van der Waals surface area contributed by atoms with Crippen molar-refractivity contribution in [3.05, 3.63) is 49.9 Å². The van der Waals surface area contributed by atoms with Crippen LogP contribution >= 0.6 is 23.1 Å². The molecule has 2 bridgehead atoms.